The highest BCUT2D eigenvalue weighted by Crippen LogP contribution is 2.12. The Kier molecular flexibility index (Phi) is 5.05. The van der Waals surface area contributed by atoms with Crippen LogP contribution in [0.4, 0.5) is 0 Å². The fourth-order valence-electron chi connectivity index (χ4n) is 1.34. The second-order valence-corrected chi connectivity index (χ2v) is 3.78. The number of benzene rings is 1. The van der Waals surface area contributed by atoms with Gasteiger partial charge in [-0.3, -0.25) is 0 Å². The molecule has 2 heteroatoms. The Morgan fingerprint density at radius 3 is 2.53 bits per heavy atom. The number of hydrogen-bond donors (Lipinski definition) is 0. The van der Waals surface area contributed by atoms with Crippen LogP contribution in [0.15, 0.2) is 30.3 Å². The molecule has 0 aliphatic rings. The van der Waals surface area contributed by atoms with Gasteiger partial charge in [0.25, 0.3) is 0 Å². The van der Waals surface area contributed by atoms with E-state index in [-0.39, 0.29) is 12.0 Å². The largest absolute Gasteiger partial charge is 0.366 e. The lowest BCUT2D eigenvalue weighted by molar-refractivity contribution is -0.122. The second kappa shape index (κ2) is 6.36. The molecule has 15 heavy (non-hydrogen) atoms. The number of rotatable bonds is 6. The van der Waals surface area contributed by atoms with E-state index in [0.717, 1.165) is 18.3 Å². The number of carbonyl (C=O) groups is 1. The predicted octanol–water partition coefficient (Wildman–Crippen LogP) is 2.82. The molecule has 0 saturated carbocycles. The van der Waals surface area contributed by atoms with Crippen molar-refractivity contribution < 1.29 is 9.53 Å². The van der Waals surface area contributed by atoms with Gasteiger partial charge in [-0.25, -0.2) is 0 Å². The molecule has 1 aromatic carbocycles. The van der Waals surface area contributed by atoms with E-state index in [4.69, 9.17) is 4.74 Å². The van der Waals surface area contributed by atoms with Crippen LogP contribution in [0.2, 0.25) is 0 Å². The molecule has 0 fully saturated rings. The van der Waals surface area contributed by atoms with E-state index in [1.165, 1.54) is 0 Å². The minimum Gasteiger partial charge on any atom is -0.366 e. The van der Waals surface area contributed by atoms with E-state index in [1.54, 1.807) is 0 Å². The third-order valence-electron chi connectivity index (χ3n) is 2.62. The molecule has 2 atom stereocenters. The standard InChI is InChI=1S/C13H18O2/c1-3-11(2)13(9-14)15-10-12-7-5-4-6-8-12/h4-9,11,13H,3,10H2,1-2H3/t11-,13+/m0/s1. The van der Waals surface area contributed by atoms with Gasteiger partial charge in [0.05, 0.1) is 6.61 Å². The summed E-state index contributed by atoms with van der Waals surface area (Å²) < 4.78 is 5.56. The molecule has 0 heterocycles. The molecule has 0 aliphatic carbocycles. The summed E-state index contributed by atoms with van der Waals surface area (Å²) in [6.07, 6.45) is 1.57. The molecule has 1 rings (SSSR count). The Bertz CT molecular complexity index is 282. The average molecular weight is 206 g/mol. The smallest absolute Gasteiger partial charge is 0.149 e. The molecular weight excluding hydrogens is 188 g/mol. The zero-order valence-corrected chi connectivity index (χ0v) is 9.35. The molecule has 0 radical (unpaired) electrons. The minimum absolute atomic E-state index is 0.282. The van der Waals surface area contributed by atoms with Gasteiger partial charge < -0.3 is 9.53 Å². The van der Waals surface area contributed by atoms with Gasteiger partial charge in [-0.1, -0.05) is 50.6 Å². The van der Waals surface area contributed by atoms with Crippen molar-refractivity contribution in [1.82, 2.24) is 0 Å². The summed E-state index contributed by atoms with van der Waals surface area (Å²) in [5.41, 5.74) is 1.10. The predicted molar refractivity (Wildman–Crippen MR) is 60.5 cm³/mol. The van der Waals surface area contributed by atoms with Gasteiger partial charge in [-0.15, -0.1) is 0 Å². The fourth-order valence-corrected chi connectivity index (χ4v) is 1.34. The van der Waals surface area contributed by atoms with Gasteiger partial charge in [-0.05, 0) is 11.5 Å². The summed E-state index contributed by atoms with van der Waals surface area (Å²) in [6, 6.07) is 9.90. The summed E-state index contributed by atoms with van der Waals surface area (Å²) >= 11 is 0. The highest BCUT2D eigenvalue weighted by Gasteiger charge is 2.14. The molecule has 0 spiro atoms. The summed E-state index contributed by atoms with van der Waals surface area (Å²) in [5.74, 6) is 0.284. The van der Waals surface area contributed by atoms with E-state index in [2.05, 4.69) is 6.92 Å². The third kappa shape index (κ3) is 3.84. The molecule has 0 amide bonds. The van der Waals surface area contributed by atoms with Gasteiger partial charge in [-0.2, -0.15) is 0 Å². The molecule has 0 aromatic heterocycles. The Morgan fingerprint density at radius 1 is 1.33 bits per heavy atom. The normalized spacial score (nSPS) is 14.5. The van der Waals surface area contributed by atoms with Crippen LogP contribution in [0.3, 0.4) is 0 Å². The summed E-state index contributed by atoms with van der Waals surface area (Å²) in [4.78, 5) is 10.8. The Morgan fingerprint density at radius 2 is 2.00 bits per heavy atom. The van der Waals surface area contributed by atoms with E-state index in [1.807, 2.05) is 37.3 Å². The molecule has 0 bridgehead atoms. The van der Waals surface area contributed by atoms with Crippen molar-refractivity contribution in [3.63, 3.8) is 0 Å². The first kappa shape index (κ1) is 11.9. The lowest BCUT2D eigenvalue weighted by atomic mass is 10.0. The van der Waals surface area contributed by atoms with Crippen LogP contribution in [0.25, 0.3) is 0 Å². The van der Waals surface area contributed by atoms with E-state index < -0.39 is 0 Å². The Labute approximate surface area is 91.3 Å². The van der Waals surface area contributed by atoms with Crippen molar-refractivity contribution in [3.8, 4) is 0 Å². The maximum atomic E-state index is 10.8. The SMILES string of the molecule is CC[C@H](C)[C@@H](C=O)OCc1ccccc1. The molecule has 0 saturated heterocycles. The molecule has 82 valence electrons. The quantitative estimate of drug-likeness (QED) is 0.669. The lowest BCUT2D eigenvalue weighted by Crippen LogP contribution is -2.22. The first-order valence-electron chi connectivity index (χ1n) is 5.38. The summed E-state index contributed by atoms with van der Waals surface area (Å²) in [6.45, 7) is 4.60. The first-order chi connectivity index (χ1) is 7.27. The van der Waals surface area contributed by atoms with E-state index in [9.17, 15) is 4.79 Å². The van der Waals surface area contributed by atoms with Gasteiger partial charge in [0.15, 0.2) is 0 Å². The van der Waals surface area contributed by atoms with Crippen LogP contribution in [0.1, 0.15) is 25.8 Å². The van der Waals surface area contributed by atoms with Crippen LogP contribution in [0, 0.1) is 5.92 Å². The van der Waals surface area contributed by atoms with Crippen molar-refractivity contribution in [2.45, 2.75) is 33.0 Å². The van der Waals surface area contributed by atoms with Crippen molar-refractivity contribution >= 4 is 6.29 Å². The molecule has 1 aromatic rings. The second-order valence-electron chi connectivity index (χ2n) is 3.78. The Balaban J connectivity index is 2.44. The minimum atomic E-state index is -0.282. The van der Waals surface area contributed by atoms with E-state index in [0.29, 0.717) is 6.61 Å². The van der Waals surface area contributed by atoms with Crippen LogP contribution in [0.5, 0.6) is 0 Å². The van der Waals surface area contributed by atoms with Gasteiger partial charge in [0.1, 0.15) is 12.4 Å². The maximum Gasteiger partial charge on any atom is 0.149 e. The molecular formula is C13H18O2. The summed E-state index contributed by atoms with van der Waals surface area (Å²) in [5, 5.41) is 0. The first-order valence-corrected chi connectivity index (χ1v) is 5.38. The maximum absolute atomic E-state index is 10.8. The number of hydrogen-bond acceptors (Lipinski definition) is 2. The van der Waals surface area contributed by atoms with Crippen LogP contribution >= 0.6 is 0 Å². The highest BCUT2D eigenvalue weighted by atomic mass is 16.5. The monoisotopic (exact) mass is 206 g/mol. The number of ether oxygens (including phenoxy) is 1. The van der Waals surface area contributed by atoms with E-state index >= 15 is 0 Å². The van der Waals surface area contributed by atoms with Crippen molar-refractivity contribution in [3.05, 3.63) is 35.9 Å². The number of aldehydes is 1. The third-order valence-corrected chi connectivity index (χ3v) is 2.62. The zero-order valence-electron chi connectivity index (χ0n) is 9.35. The fraction of sp³-hybridized carbons (Fsp3) is 0.462. The van der Waals surface area contributed by atoms with Gasteiger partial charge >= 0.3 is 0 Å². The highest BCUT2D eigenvalue weighted by molar-refractivity contribution is 5.56. The van der Waals surface area contributed by atoms with Crippen LogP contribution in [-0.4, -0.2) is 12.4 Å². The van der Waals surface area contributed by atoms with Crippen molar-refractivity contribution in [2.24, 2.45) is 5.92 Å². The van der Waals surface area contributed by atoms with Gasteiger partial charge in [0, 0.05) is 0 Å². The topological polar surface area (TPSA) is 26.3 Å². The molecule has 2 nitrogen and oxygen atoms in total. The summed E-state index contributed by atoms with van der Waals surface area (Å²) in [7, 11) is 0. The Hall–Kier alpha value is -1.15. The van der Waals surface area contributed by atoms with Crippen molar-refractivity contribution in [1.29, 1.82) is 0 Å². The molecule has 0 unspecified atom stereocenters. The average Bonchev–Trinajstić information content (AvgIpc) is 2.31. The number of carbonyl (C=O) groups excluding carboxylic acids is 1. The zero-order chi connectivity index (χ0) is 11.1. The molecule has 0 aliphatic heterocycles. The van der Waals surface area contributed by atoms with Crippen LogP contribution in [-0.2, 0) is 16.1 Å². The van der Waals surface area contributed by atoms with Crippen LogP contribution < -0.4 is 0 Å². The molecule has 0 N–H and O–H groups in total. The van der Waals surface area contributed by atoms with Crippen molar-refractivity contribution in [2.75, 3.05) is 0 Å². The lowest BCUT2D eigenvalue weighted by Gasteiger charge is -2.17. The van der Waals surface area contributed by atoms with Gasteiger partial charge in [0.2, 0.25) is 0 Å².